The molecule has 0 aliphatic heterocycles. The zero-order valence-corrected chi connectivity index (χ0v) is 15.4. The average Bonchev–Trinajstić information content (AvgIpc) is 3.43. The Morgan fingerprint density at radius 2 is 1.85 bits per heavy atom. The zero-order valence-electron chi connectivity index (χ0n) is 14.6. The van der Waals surface area contributed by atoms with Crippen LogP contribution < -0.4 is 14.3 Å². The van der Waals surface area contributed by atoms with Crippen molar-refractivity contribution in [3.05, 3.63) is 58.5 Å². The Labute approximate surface area is 155 Å². The molecule has 1 saturated carbocycles. The van der Waals surface area contributed by atoms with Crippen molar-refractivity contribution in [2.24, 2.45) is 4.99 Å². The van der Waals surface area contributed by atoms with Crippen molar-refractivity contribution in [2.45, 2.75) is 18.9 Å². The van der Waals surface area contributed by atoms with E-state index in [1.54, 1.807) is 37.7 Å². The molecule has 4 nitrogen and oxygen atoms in total. The first-order valence-corrected chi connectivity index (χ1v) is 9.30. The summed E-state index contributed by atoms with van der Waals surface area (Å²) in [5, 5.41) is 2.10. The fourth-order valence-electron chi connectivity index (χ4n) is 2.92. The van der Waals surface area contributed by atoms with E-state index in [2.05, 4.69) is 9.95 Å². The molecule has 1 aliphatic rings. The number of ether oxygens (including phenoxy) is 2. The van der Waals surface area contributed by atoms with Gasteiger partial charge in [-0.25, -0.2) is 9.38 Å². The number of thiazole rings is 1. The van der Waals surface area contributed by atoms with Gasteiger partial charge in [0.05, 0.1) is 25.6 Å². The molecule has 1 aliphatic carbocycles. The van der Waals surface area contributed by atoms with Gasteiger partial charge in [-0.1, -0.05) is 0 Å². The highest BCUT2D eigenvalue weighted by Gasteiger charge is 2.28. The summed E-state index contributed by atoms with van der Waals surface area (Å²) < 4.78 is 26.4. The number of methoxy groups -OCH3 is 2. The molecular formula is C20H19FN2O2S. The minimum Gasteiger partial charge on any atom is -0.497 e. The number of aromatic nitrogens is 1. The third kappa shape index (κ3) is 3.24. The Balaban J connectivity index is 1.87. The number of hydrogen-bond acceptors (Lipinski definition) is 4. The van der Waals surface area contributed by atoms with Crippen molar-refractivity contribution < 1.29 is 13.9 Å². The molecule has 0 spiro atoms. The van der Waals surface area contributed by atoms with Gasteiger partial charge in [0.1, 0.15) is 17.3 Å². The van der Waals surface area contributed by atoms with Crippen molar-refractivity contribution in [1.82, 2.24) is 4.57 Å². The van der Waals surface area contributed by atoms with Crippen LogP contribution in [-0.4, -0.2) is 18.8 Å². The molecule has 0 radical (unpaired) electrons. The fourth-order valence-corrected chi connectivity index (χ4v) is 3.90. The second-order valence-electron chi connectivity index (χ2n) is 6.16. The van der Waals surface area contributed by atoms with Crippen molar-refractivity contribution in [1.29, 1.82) is 0 Å². The first kappa shape index (κ1) is 16.8. The Bertz CT molecular complexity index is 988. The molecule has 2 aromatic carbocycles. The van der Waals surface area contributed by atoms with E-state index >= 15 is 0 Å². The van der Waals surface area contributed by atoms with Crippen LogP contribution in [0.2, 0.25) is 0 Å². The molecule has 6 heteroatoms. The minimum absolute atomic E-state index is 0.257. The van der Waals surface area contributed by atoms with E-state index in [1.165, 1.54) is 12.1 Å². The highest BCUT2D eigenvalue weighted by Crippen LogP contribution is 2.41. The number of nitrogens with zero attached hydrogens (tertiary/aromatic N) is 2. The lowest BCUT2D eigenvalue weighted by atomic mass is 10.1. The van der Waals surface area contributed by atoms with Crippen molar-refractivity contribution in [2.75, 3.05) is 14.2 Å². The summed E-state index contributed by atoms with van der Waals surface area (Å²) in [7, 11) is 3.33. The first-order chi connectivity index (χ1) is 12.7. The van der Waals surface area contributed by atoms with Gasteiger partial charge in [-0.3, -0.25) is 0 Å². The largest absolute Gasteiger partial charge is 0.497 e. The molecule has 1 aromatic heterocycles. The standard InChI is InChI=1S/C20H19FN2O2S/c1-24-16-9-10-19(25-2)17(11-16)18-12-26-20(23(18)15-7-8-15)22-14-5-3-13(21)4-6-14/h3-6,9-12,15H,7-8H2,1-2H3. The number of rotatable bonds is 5. The molecule has 4 rings (SSSR count). The van der Waals surface area contributed by atoms with Gasteiger partial charge >= 0.3 is 0 Å². The molecular weight excluding hydrogens is 351 g/mol. The van der Waals surface area contributed by atoms with Gasteiger partial charge in [-0.05, 0) is 55.3 Å². The van der Waals surface area contributed by atoms with E-state index in [4.69, 9.17) is 14.5 Å². The predicted molar refractivity (Wildman–Crippen MR) is 101 cm³/mol. The lowest BCUT2D eigenvalue weighted by Crippen LogP contribution is -2.14. The summed E-state index contributed by atoms with van der Waals surface area (Å²) in [5.41, 5.74) is 2.79. The van der Waals surface area contributed by atoms with E-state index in [-0.39, 0.29) is 5.82 Å². The van der Waals surface area contributed by atoms with Crippen molar-refractivity contribution >= 4 is 17.0 Å². The number of benzene rings is 2. The normalized spacial score (nSPS) is 14.5. The first-order valence-electron chi connectivity index (χ1n) is 8.42. The maximum absolute atomic E-state index is 13.2. The van der Waals surface area contributed by atoms with Crippen LogP contribution in [0.5, 0.6) is 11.5 Å². The lowest BCUT2D eigenvalue weighted by molar-refractivity contribution is 0.404. The summed E-state index contributed by atoms with van der Waals surface area (Å²) in [4.78, 5) is 5.63. The van der Waals surface area contributed by atoms with E-state index in [1.807, 2.05) is 18.2 Å². The van der Waals surface area contributed by atoms with Crippen LogP contribution in [0.3, 0.4) is 0 Å². The Kier molecular flexibility index (Phi) is 4.51. The third-order valence-corrected chi connectivity index (χ3v) is 5.23. The van der Waals surface area contributed by atoms with E-state index in [0.717, 1.165) is 46.1 Å². The third-order valence-electron chi connectivity index (χ3n) is 4.39. The van der Waals surface area contributed by atoms with Crippen LogP contribution in [0.25, 0.3) is 11.3 Å². The average molecular weight is 370 g/mol. The van der Waals surface area contributed by atoms with Crippen LogP contribution in [0, 0.1) is 5.82 Å². The molecule has 0 N–H and O–H groups in total. The molecule has 0 bridgehead atoms. The molecule has 0 unspecified atom stereocenters. The highest BCUT2D eigenvalue weighted by atomic mass is 32.1. The Hall–Kier alpha value is -2.60. The number of halogens is 1. The van der Waals surface area contributed by atoms with Gasteiger partial charge in [0.25, 0.3) is 0 Å². The Morgan fingerprint density at radius 1 is 1.08 bits per heavy atom. The van der Waals surface area contributed by atoms with Gasteiger partial charge in [-0.15, -0.1) is 11.3 Å². The highest BCUT2D eigenvalue weighted by molar-refractivity contribution is 7.07. The molecule has 134 valence electrons. The molecule has 1 heterocycles. The summed E-state index contributed by atoms with van der Waals surface area (Å²) >= 11 is 1.58. The molecule has 0 atom stereocenters. The van der Waals surface area contributed by atoms with Crippen molar-refractivity contribution in [3.8, 4) is 22.8 Å². The SMILES string of the molecule is COc1ccc(OC)c(-c2csc(=Nc3ccc(F)cc3)n2C2CC2)c1. The summed E-state index contributed by atoms with van der Waals surface area (Å²) in [6.45, 7) is 0. The fraction of sp³-hybridized carbons (Fsp3) is 0.250. The summed E-state index contributed by atoms with van der Waals surface area (Å²) in [6.07, 6.45) is 2.26. The van der Waals surface area contributed by atoms with Crippen LogP contribution in [0.15, 0.2) is 52.8 Å². The predicted octanol–water partition coefficient (Wildman–Crippen LogP) is 4.94. The van der Waals surface area contributed by atoms with Gasteiger partial charge in [0.2, 0.25) is 0 Å². The van der Waals surface area contributed by atoms with Gasteiger partial charge in [0.15, 0.2) is 4.80 Å². The maximum Gasteiger partial charge on any atom is 0.190 e. The molecule has 1 fully saturated rings. The van der Waals surface area contributed by atoms with Crippen LogP contribution in [0.4, 0.5) is 10.1 Å². The van der Waals surface area contributed by atoms with Crippen LogP contribution >= 0.6 is 11.3 Å². The van der Waals surface area contributed by atoms with E-state index in [0.29, 0.717) is 6.04 Å². The molecule has 0 amide bonds. The minimum atomic E-state index is -0.257. The van der Waals surface area contributed by atoms with Crippen LogP contribution in [0.1, 0.15) is 18.9 Å². The topological polar surface area (TPSA) is 35.8 Å². The smallest absolute Gasteiger partial charge is 0.190 e. The molecule has 0 saturated heterocycles. The van der Waals surface area contributed by atoms with Gasteiger partial charge < -0.3 is 14.0 Å². The summed E-state index contributed by atoms with van der Waals surface area (Å²) in [6, 6.07) is 12.5. The zero-order chi connectivity index (χ0) is 18.1. The van der Waals surface area contributed by atoms with E-state index in [9.17, 15) is 4.39 Å². The van der Waals surface area contributed by atoms with Gasteiger partial charge in [0, 0.05) is 17.0 Å². The molecule has 3 aromatic rings. The number of hydrogen-bond donors (Lipinski definition) is 0. The maximum atomic E-state index is 13.2. The second-order valence-corrected chi connectivity index (χ2v) is 7.00. The Morgan fingerprint density at radius 3 is 2.50 bits per heavy atom. The molecule has 26 heavy (non-hydrogen) atoms. The monoisotopic (exact) mass is 370 g/mol. The van der Waals surface area contributed by atoms with Crippen LogP contribution in [-0.2, 0) is 0 Å². The van der Waals surface area contributed by atoms with E-state index < -0.39 is 0 Å². The van der Waals surface area contributed by atoms with Crippen molar-refractivity contribution in [3.63, 3.8) is 0 Å². The lowest BCUT2D eigenvalue weighted by Gasteiger charge is -2.13. The summed E-state index contributed by atoms with van der Waals surface area (Å²) in [5.74, 6) is 1.32. The second kappa shape index (κ2) is 6.96. The quantitative estimate of drug-likeness (QED) is 0.638. The van der Waals surface area contributed by atoms with Gasteiger partial charge in [-0.2, -0.15) is 0 Å².